The van der Waals surface area contributed by atoms with Crippen LogP contribution in [0, 0.1) is 0 Å². The average molecular weight is 277 g/mol. The van der Waals surface area contributed by atoms with E-state index >= 15 is 0 Å². The lowest BCUT2D eigenvalue weighted by Gasteiger charge is -2.23. The minimum Gasteiger partial charge on any atom is -0.359 e. The third-order valence-corrected chi connectivity index (χ3v) is 4.52. The summed E-state index contributed by atoms with van der Waals surface area (Å²) in [4.78, 5) is 10.9. The second-order valence-corrected chi connectivity index (χ2v) is 6.50. The Bertz CT molecular complexity index is 351. The molecular weight excluding hydrogens is 254 g/mol. The number of amides is 1. The van der Waals surface area contributed by atoms with Gasteiger partial charge in [-0.1, -0.05) is 6.42 Å². The molecular formula is C11H23N3O3S. The zero-order chi connectivity index (χ0) is 13.4. The Balaban J connectivity index is 2.20. The van der Waals surface area contributed by atoms with Gasteiger partial charge in [-0.3, -0.25) is 4.79 Å². The topological polar surface area (TPSA) is 87.3 Å². The van der Waals surface area contributed by atoms with E-state index in [-0.39, 0.29) is 24.6 Å². The highest BCUT2D eigenvalue weighted by Gasteiger charge is 2.17. The normalized spacial score (nSPS) is 20.6. The first-order chi connectivity index (χ1) is 8.53. The zero-order valence-electron chi connectivity index (χ0n) is 10.9. The fourth-order valence-corrected chi connectivity index (χ4v) is 3.14. The Morgan fingerprint density at radius 2 is 2.17 bits per heavy atom. The van der Waals surface area contributed by atoms with Gasteiger partial charge in [0.2, 0.25) is 15.9 Å². The van der Waals surface area contributed by atoms with E-state index in [1.54, 1.807) is 0 Å². The molecule has 7 heteroatoms. The molecule has 1 heterocycles. The maximum Gasteiger partial charge on any atom is 0.221 e. The van der Waals surface area contributed by atoms with Crippen molar-refractivity contribution in [2.75, 3.05) is 25.9 Å². The molecule has 1 fully saturated rings. The van der Waals surface area contributed by atoms with Gasteiger partial charge in [-0.2, -0.15) is 0 Å². The van der Waals surface area contributed by atoms with Crippen LogP contribution in [0.25, 0.3) is 0 Å². The first-order valence-electron chi connectivity index (χ1n) is 6.45. The highest BCUT2D eigenvalue weighted by Crippen LogP contribution is 2.10. The van der Waals surface area contributed by atoms with Crippen molar-refractivity contribution in [1.29, 1.82) is 0 Å². The van der Waals surface area contributed by atoms with Crippen molar-refractivity contribution in [3.05, 3.63) is 0 Å². The molecule has 1 aliphatic rings. The number of hydrogen-bond donors (Lipinski definition) is 3. The largest absolute Gasteiger partial charge is 0.359 e. The summed E-state index contributed by atoms with van der Waals surface area (Å²) in [5.74, 6) is -0.0371. The van der Waals surface area contributed by atoms with Crippen LogP contribution in [0.4, 0.5) is 0 Å². The van der Waals surface area contributed by atoms with E-state index in [4.69, 9.17) is 0 Å². The van der Waals surface area contributed by atoms with Crippen LogP contribution in [-0.2, 0) is 14.8 Å². The fourth-order valence-electron chi connectivity index (χ4n) is 1.99. The van der Waals surface area contributed by atoms with Crippen LogP contribution >= 0.6 is 0 Å². The minimum absolute atomic E-state index is 0.123. The van der Waals surface area contributed by atoms with Crippen molar-refractivity contribution in [3.63, 3.8) is 0 Å². The average Bonchev–Trinajstić information content (AvgIpc) is 2.37. The molecule has 1 atom stereocenters. The van der Waals surface area contributed by atoms with Gasteiger partial charge in [-0.25, -0.2) is 13.1 Å². The molecule has 18 heavy (non-hydrogen) atoms. The van der Waals surface area contributed by atoms with E-state index in [1.165, 1.54) is 19.9 Å². The highest BCUT2D eigenvalue weighted by molar-refractivity contribution is 7.89. The molecule has 0 saturated carbocycles. The summed E-state index contributed by atoms with van der Waals surface area (Å²) in [5.41, 5.74) is 0. The minimum atomic E-state index is -3.25. The quantitative estimate of drug-likeness (QED) is 0.589. The van der Waals surface area contributed by atoms with E-state index in [0.29, 0.717) is 12.5 Å². The lowest BCUT2D eigenvalue weighted by molar-refractivity contribution is -0.120. The molecule has 1 saturated heterocycles. The Morgan fingerprint density at radius 3 is 2.78 bits per heavy atom. The second kappa shape index (κ2) is 7.70. The van der Waals surface area contributed by atoms with Gasteiger partial charge >= 0.3 is 0 Å². The molecule has 0 aliphatic carbocycles. The van der Waals surface area contributed by atoms with Crippen LogP contribution in [0.1, 0.15) is 32.1 Å². The molecule has 0 bridgehead atoms. The third kappa shape index (κ3) is 6.32. The predicted octanol–water partition coefficient (Wildman–Crippen LogP) is -0.426. The van der Waals surface area contributed by atoms with Gasteiger partial charge in [0.1, 0.15) is 0 Å². The third-order valence-electron chi connectivity index (χ3n) is 3.10. The number of rotatable bonds is 7. The summed E-state index contributed by atoms with van der Waals surface area (Å²) in [6.07, 6.45) is 4.20. The van der Waals surface area contributed by atoms with Gasteiger partial charge in [0.15, 0.2) is 0 Å². The Labute approximate surface area is 109 Å². The predicted molar refractivity (Wildman–Crippen MR) is 70.7 cm³/mol. The number of nitrogens with one attached hydrogen (secondary N) is 3. The molecule has 1 amide bonds. The molecule has 106 valence electrons. The Hall–Kier alpha value is -0.660. The standard InChI is InChI=1S/C11H23N3O3S/c1-12-11(15)5-8-14-18(16,17)9-6-10-4-2-3-7-13-10/h10,13-14H,2-9H2,1H3,(H,12,15). The van der Waals surface area contributed by atoms with Crippen molar-refractivity contribution in [3.8, 4) is 0 Å². The van der Waals surface area contributed by atoms with E-state index in [0.717, 1.165) is 13.0 Å². The van der Waals surface area contributed by atoms with Gasteiger partial charge in [0, 0.05) is 26.1 Å². The number of carbonyl (C=O) groups excluding carboxylic acids is 1. The summed E-state index contributed by atoms with van der Waals surface area (Å²) in [6, 6.07) is 0.314. The van der Waals surface area contributed by atoms with Crippen LogP contribution in [-0.4, -0.2) is 46.3 Å². The molecule has 0 aromatic rings. The molecule has 1 rings (SSSR count). The van der Waals surface area contributed by atoms with Crippen molar-refractivity contribution in [1.82, 2.24) is 15.4 Å². The maximum atomic E-state index is 11.7. The molecule has 0 aromatic heterocycles. The Morgan fingerprint density at radius 1 is 1.39 bits per heavy atom. The van der Waals surface area contributed by atoms with Crippen molar-refractivity contribution in [2.45, 2.75) is 38.1 Å². The number of carbonyl (C=O) groups is 1. The summed E-state index contributed by atoms with van der Waals surface area (Å²) >= 11 is 0. The van der Waals surface area contributed by atoms with Gasteiger partial charge < -0.3 is 10.6 Å². The lowest BCUT2D eigenvalue weighted by Crippen LogP contribution is -2.37. The van der Waals surface area contributed by atoms with E-state index in [2.05, 4.69) is 15.4 Å². The van der Waals surface area contributed by atoms with Gasteiger partial charge in [0.05, 0.1) is 5.75 Å². The van der Waals surface area contributed by atoms with Gasteiger partial charge in [-0.05, 0) is 25.8 Å². The summed E-state index contributed by atoms with van der Waals surface area (Å²) in [6.45, 7) is 1.15. The van der Waals surface area contributed by atoms with E-state index in [9.17, 15) is 13.2 Å². The number of sulfonamides is 1. The molecule has 0 aromatic carbocycles. The van der Waals surface area contributed by atoms with Crippen LogP contribution in [0.3, 0.4) is 0 Å². The zero-order valence-corrected chi connectivity index (χ0v) is 11.7. The summed E-state index contributed by atoms with van der Waals surface area (Å²) < 4.78 is 25.8. The molecule has 0 spiro atoms. The van der Waals surface area contributed by atoms with E-state index < -0.39 is 10.0 Å². The number of hydrogen-bond acceptors (Lipinski definition) is 4. The van der Waals surface area contributed by atoms with Crippen LogP contribution in [0.5, 0.6) is 0 Å². The second-order valence-electron chi connectivity index (χ2n) is 4.57. The highest BCUT2D eigenvalue weighted by atomic mass is 32.2. The van der Waals surface area contributed by atoms with Crippen LogP contribution < -0.4 is 15.4 Å². The summed E-state index contributed by atoms with van der Waals surface area (Å²) in [5, 5.41) is 5.77. The van der Waals surface area contributed by atoms with Crippen molar-refractivity contribution < 1.29 is 13.2 Å². The number of piperidine rings is 1. The van der Waals surface area contributed by atoms with Gasteiger partial charge in [0.25, 0.3) is 0 Å². The Kier molecular flexibility index (Phi) is 6.59. The SMILES string of the molecule is CNC(=O)CCNS(=O)(=O)CCC1CCCCN1. The molecule has 3 N–H and O–H groups in total. The fraction of sp³-hybridized carbons (Fsp3) is 0.909. The maximum absolute atomic E-state index is 11.7. The first kappa shape index (κ1) is 15.4. The van der Waals surface area contributed by atoms with Crippen molar-refractivity contribution in [2.24, 2.45) is 0 Å². The van der Waals surface area contributed by atoms with Crippen LogP contribution in [0.15, 0.2) is 0 Å². The molecule has 6 nitrogen and oxygen atoms in total. The van der Waals surface area contributed by atoms with Crippen molar-refractivity contribution >= 4 is 15.9 Å². The molecule has 0 radical (unpaired) electrons. The monoisotopic (exact) mass is 277 g/mol. The smallest absolute Gasteiger partial charge is 0.221 e. The molecule has 1 aliphatic heterocycles. The lowest BCUT2D eigenvalue weighted by atomic mass is 10.0. The summed E-state index contributed by atoms with van der Waals surface area (Å²) in [7, 11) is -1.72. The first-order valence-corrected chi connectivity index (χ1v) is 8.10. The van der Waals surface area contributed by atoms with Gasteiger partial charge in [-0.15, -0.1) is 0 Å². The van der Waals surface area contributed by atoms with Crippen LogP contribution in [0.2, 0.25) is 0 Å². The van der Waals surface area contributed by atoms with E-state index in [1.807, 2.05) is 0 Å². The molecule has 1 unspecified atom stereocenters.